The number of carbonyl (C=O) groups excluding carboxylic acids is 1. The van der Waals surface area contributed by atoms with Crippen molar-refractivity contribution in [3.63, 3.8) is 0 Å². The summed E-state index contributed by atoms with van der Waals surface area (Å²) in [5, 5.41) is 0. The van der Waals surface area contributed by atoms with Gasteiger partial charge in [-0.05, 0) is 51.1 Å². The largest absolute Gasteiger partial charge is 0.454 e. The summed E-state index contributed by atoms with van der Waals surface area (Å²) < 4.78 is 18.6. The van der Waals surface area contributed by atoms with E-state index in [-0.39, 0.29) is 12.8 Å². The van der Waals surface area contributed by atoms with Gasteiger partial charge in [-0.15, -0.1) is 0 Å². The van der Waals surface area contributed by atoms with Crippen molar-refractivity contribution in [2.45, 2.75) is 20.8 Å². The Labute approximate surface area is 145 Å². The third-order valence-corrected chi connectivity index (χ3v) is 4.11. The molecule has 0 unspecified atom stereocenters. The third-order valence-electron chi connectivity index (χ3n) is 4.11. The average Bonchev–Trinajstić information content (AvgIpc) is 3.16. The first-order valence-electron chi connectivity index (χ1n) is 8.16. The molecule has 1 aromatic carbocycles. The Morgan fingerprint density at radius 2 is 1.88 bits per heavy atom. The molecule has 25 heavy (non-hydrogen) atoms. The van der Waals surface area contributed by atoms with Gasteiger partial charge in [0.15, 0.2) is 17.2 Å². The van der Waals surface area contributed by atoms with Gasteiger partial charge in [-0.3, -0.25) is 4.79 Å². The first kappa shape index (κ1) is 15.6. The molecule has 0 fully saturated rings. The van der Waals surface area contributed by atoms with E-state index in [9.17, 15) is 4.79 Å². The standard InChI is InChI=1S/C20H19NO4/c1-20(2,3)19(22)25-17-11-14-6-4-5-9-21(14)18(17)13-7-8-15-16(10-13)24-12-23-15/h4-11H,12H2,1-3H3. The van der Waals surface area contributed by atoms with E-state index in [4.69, 9.17) is 14.2 Å². The molecule has 3 heterocycles. The highest BCUT2D eigenvalue weighted by Gasteiger charge is 2.26. The van der Waals surface area contributed by atoms with E-state index in [0.29, 0.717) is 11.5 Å². The second-order valence-corrected chi connectivity index (χ2v) is 7.06. The maximum absolute atomic E-state index is 12.4. The molecule has 128 valence electrons. The lowest BCUT2D eigenvalue weighted by atomic mass is 9.97. The van der Waals surface area contributed by atoms with E-state index in [0.717, 1.165) is 22.5 Å². The van der Waals surface area contributed by atoms with Crippen LogP contribution in [0.2, 0.25) is 0 Å². The van der Waals surface area contributed by atoms with Crippen molar-refractivity contribution in [2.75, 3.05) is 6.79 Å². The fourth-order valence-electron chi connectivity index (χ4n) is 2.75. The topological polar surface area (TPSA) is 49.2 Å². The molecule has 3 aromatic rings. The number of fused-ring (bicyclic) bond motifs is 2. The molecule has 0 radical (unpaired) electrons. The molecule has 0 spiro atoms. The minimum atomic E-state index is -0.583. The van der Waals surface area contributed by atoms with Gasteiger partial charge in [0, 0.05) is 23.3 Å². The lowest BCUT2D eigenvalue weighted by Gasteiger charge is -2.16. The molecule has 4 rings (SSSR count). The summed E-state index contributed by atoms with van der Waals surface area (Å²) in [7, 11) is 0. The van der Waals surface area contributed by atoms with Crippen molar-refractivity contribution >= 4 is 11.5 Å². The van der Waals surface area contributed by atoms with Crippen LogP contribution >= 0.6 is 0 Å². The van der Waals surface area contributed by atoms with E-state index in [1.54, 1.807) is 0 Å². The van der Waals surface area contributed by atoms with Gasteiger partial charge in [-0.25, -0.2) is 0 Å². The van der Waals surface area contributed by atoms with Gasteiger partial charge < -0.3 is 18.6 Å². The minimum Gasteiger partial charge on any atom is -0.454 e. The number of pyridine rings is 1. The molecule has 0 saturated heterocycles. The summed E-state index contributed by atoms with van der Waals surface area (Å²) >= 11 is 0. The summed E-state index contributed by atoms with van der Waals surface area (Å²) in [6.45, 7) is 5.74. The number of benzene rings is 1. The van der Waals surface area contributed by atoms with Gasteiger partial charge in [-0.1, -0.05) is 6.07 Å². The molecule has 5 nitrogen and oxygen atoms in total. The van der Waals surface area contributed by atoms with Gasteiger partial charge in [0.2, 0.25) is 6.79 Å². The van der Waals surface area contributed by atoms with Gasteiger partial charge in [-0.2, -0.15) is 0 Å². The molecular formula is C20H19NO4. The normalized spacial score (nSPS) is 13.2. The summed E-state index contributed by atoms with van der Waals surface area (Å²) in [6, 6.07) is 13.5. The molecule has 0 atom stereocenters. The first-order valence-corrected chi connectivity index (χ1v) is 8.16. The van der Waals surface area contributed by atoms with E-state index in [1.165, 1.54) is 0 Å². The quantitative estimate of drug-likeness (QED) is 0.655. The predicted octanol–water partition coefficient (Wildman–Crippen LogP) is 4.29. The van der Waals surface area contributed by atoms with Gasteiger partial charge in [0.05, 0.1) is 11.1 Å². The zero-order valence-corrected chi connectivity index (χ0v) is 14.4. The van der Waals surface area contributed by atoms with Crippen molar-refractivity contribution in [2.24, 2.45) is 5.41 Å². The number of hydrogen-bond acceptors (Lipinski definition) is 4. The minimum absolute atomic E-state index is 0.222. The van der Waals surface area contributed by atoms with Crippen LogP contribution in [0.3, 0.4) is 0 Å². The van der Waals surface area contributed by atoms with Crippen LogP contribution in [0.4, 0.5) is 0 Å². The number of aromatic nitrogens is 1. The number of ether oxygens (including phenoxy) is 3. The second-order valence-electron chi connectivity index (χ2n) is 7.06. The fraction of sp³-hybridized carbons (Fsp3) is 0.250. The average molecular weight is 337 g/mol. The molecule has 1 aliphatic rings. The van der Waals surface area contributed by atoms with Crippen molar-refractivity contribution < 1.29 is 19.0 Å². The van der Waals surface area contributed by atoms with Crippen LogP contribution in [0.15, 0.2) is 48.7 Å². The first-order chi connectivity index (χ1) is 11.9. The molecule has 5 heteroatoms. The molecule has 0 saturated carbocycles. The van der Waals surface area contributed by atoms with Crippen molar-refractivity contribution in [1.29, 1.82) is 0 Å². The number of nitrogens with zero attached hydrogens (tertiary/aromatic N) is 1. The van der Waals surface area contributed by atoms with Crippen LogP contribution in [0, 0.1) is 5.41 Å². The smallest absolute Gasteiger partial charge is 0.316 e. The van der Waals surface area contributed by atoms with Crippen LogP contribution in [-0.2, 0) is 4.79 Å². The maximum atomic E-state index is 12.4. The lowest BCUT2D eigenvalue weighted by Crippen LogP contribution is -2.25. The predicted molar refractivity (Wildman–Crippen MR) is 94.0 cm³/mol. The number of esters is 1. The third kappa shape index (κ3) is 2.71. The van der Waals surface area contributed by atoms with E-state index in [1.807, 2.05) is 73.8 Å². The van der Waals surface area contributed by atoms with Crippen LogP contribution in [0.25, 0.3) is 16.8 Å². The molecule has 0 N–H and O–H groups in total. The molecule has 0 aliphatic carbocycles. The maximum Gasteiger partial charge on any atom is 0.316 e. The van der Waals surface area contributed by atoms with Crippen LogP contribution in [-0.4, -0.2) is 17.2 Å². The van der Waals surface area contributed by atoms with Crippen molar-refractivity contribution in [1.82, 2.24) is 4.40 Å². The Morgan fingerprint density at radius 3 is 2.68 bits per heavy atom. The molecule has 0 bridgehead atoms. The zero-order chi connectivity index (χ0) is 17.6. The zero-order valence-electron chi connectivity index (χ0n) is 14.4. The highest BCUT2D eigenvalue weighted by molar-refractivity contribution is 5.83. The Balaban J connectivity index is 1.86. The van der Waals surface area contributed by atoms with E-state index >= 15 is 0 Å². The van der Waals surface area contributed by atoms with Crippen LogP contribution in [0.1, 0.15) is 20.8 Å². The van der Waals surface area contributed by atoms with Crippen molar-refractivity contribution in [3.8, 4) is 28.5 Å². The Bertz CT molecular complexity index is 965. The number of hydrogen-bond donors (Lipinski definition) is 0. The summed E-state index contributed by atoms with van der Waals surface area (Å²) in [5.74, 6) is 1.67. The van der Waals surface area contributed by atoms with Crippen LogP contribution in [0.5, 0.6) is 17.2 Å². The second kappa shape index (κ2) is 5.55. The fourth-order valence-corrected chi connectivity index (χ4v) is 2.75. The number of carbonyl (C=O) groups is 1. The molecule has 1 aliphatic heterocycles. The Kier molecular flexibility index (Phi) is 3.46. The summed E-state index contributed by atoms with van der Waals surface area (Å²) in [6.07, 6.45) is 1.95. The Morgan fingerprint density at radius 1 is 1.08 bits per heavy atom. The Hall–Kier alpha value is -2.95. The van der Waals surface area contributed by atoms with Gasteiger partial charge in [0.25, 0.3) is 0 Å². The molecule has 2 aromatic heterocycles. The number of rotatable bonds is 2. The van der Waals surface area contributed by atoms with E-state index < -0.39 is 5.41 Å². The van der Waals surface area contributed by atoms with Crippen molar-refractivity contribution in [3.05, 3.63) is 48.7 Å². The monoisotopic (exact) mass is 337 g/mol. The summed E-state index contributed by atoms with van der Waals surface area (Å²) in [4.78, 5) is 12.4. The van der Waals surface area contributed by atoms with Gasteiger partial charge in [0.1, 0.15) is 0 Å². The lowest BCUT2D eigenvalue weighted by molar-refractivity contribution is -0.142. The highest BCUT2D eigenvalue weighted by atomic mass is 16.7. The highest BCUT2D eigenvalue weighted by Crippen LogP contribution is 2.40. The van der Waals surface area contributed by atoms with E-state index in [2.05, 4.69) is 0 Å². The summed E-state index contributed by atoms with van der Waals surface area (Å²) in [5.41, 5.74) is 2.07. The SMILES string of the molecule is CC(C)(C)C(=O)Oc1cc2ccccn2c1-c1ccc2c(c1)OCO2. The molecule has 0 amide bonds. The van der Waals surface area contributed by atoms with Crippen LogP contribution < -0.4 is 14.2 Å². The molecular weight excluding hydrogens is 318 g/mol. The van der Waals surface area contributed by atoms with Gasteiger partial charge >= 0.3 is 5.97 Å².